The predicted molar refractivity (Wildman–Crippen MR) is 70.9 cm³/mol. The van der Waals surface area contributed by atoms with Gasteiger partial charge in [0.1, 0.15) is 5.82 Å². The molecule has 0 unspecified atom stereocenters. The van der Waals surface area contributed by atoms with Crippen LogP contribution in [0, 0.1) is 5.82 Å². The number of aromatic nitrogens is 1. The van der Waals surface area contributed by atoms with Crippen LogP contribution >= 0.6 is 0 Å². The highest BCUT2D eigenvalue weighted by Gasteiger charge is 2.07. The second-order valence-corrected chi connectivity index (χ2v) is 4.05. The van der Waals surface area contributed by atoms with Crippen molar-refractivity contribution in [2.75, 3.05) is 11.1 Å². The van der Waals surface area contributed by atoms with Crippen molar-refractivity contribution in [2.45, 2.75) is 0 Å². The smallest absolute Gasteiger partial charge is 0.408 e. The number of nitrogen functional groups attached to an aromatic ring is 1. The Hall–Kier alpha value is -2.76. The molecule has 0 aliphatic heterocycles. The summed E-state index contributed by atoms with van der Waals surface area (Å²) in [6.07, 6.45) is 0. The number of aromatic amines is 1. The lowest BCUT2D eigenvalue weighted by molar-refractivity contribution is 0.555. The third kappa shape index (κ3) is 2.03. The molecule has 2 aromatic carbocycles. The van der Waals surface area contributed by atoms with E-state index >= 15 is 0 Å². The monoisotopic (exact) mass is 259 g/mol. The van der Waals surface area contributed by atoms with Crippen LogP contribution in [-0.2, 0) is 0 Å². The largest absolute Gasteiger partial charge is 0.417 e. The van der Waals surface area contributed by atoms with E-state index in [-0.39, 0.29) is 5.69 Å². The summed E-state index contributed by atoms with van der Waals surface area (Å²) in [5, 5.41) is 2.87. The molecule has 0 aliphatic rings. The fraction of sp³-hybridized carbons (Fsp3) is 0. The van der Waals surface area contributed by atoms with Gasteiger partial charge in [-0.1, -0.05) is 6.07 Å². The van der Waals surface area contributed by atoms with Crippen LogP contribution in [0.15, 0.2) is 45.6 Å². The maximum absolute atomic E-state index is 13.6. The SMILES string of the molecule is Nc1cccc(F)c1Nc1ccc2[nH]c(=O)oc2c1. The molecule has 0 spiro atoms. The lowest BCUT2D eigenvalue weighted by Crippen LogP contribution is -1.98. The number of benzene rings is 2. The van der Waals surface area contributed by atoms with Crippen molar-refractivity contribution in [1.29, 1.82) is 0 Å². The Morgan fingerprint density at radius 3 is 2.89 bits per heavy atom. The number of halogens is 1. The Kier molecular flexibility index (Phi) is 2.49. The minimum atomic E-state index is -0.530. The Labute approximate surface area is 106 Å². The first-order chi connectivity index (χ1) is 9.13. The van der Waals surface area contributed by atoms with E-state index < -0.39 is 11.6 Å². The van der Waals surface area contributed by atoms with E-state index in [2.05, 4.69) is 10.3 Å². The van der Waals surface area contributed by atoms with Crippen molar-refractivity contribution in [1.82, 2.24) is 4.98 Å². The van der Waals surface area contributed by atoms with Gasteiger partial charge in [-0.15, -0.1) is 0 Å². The number of rotatable bonds is 2. The van der Waals surface area contributed by atoms with E-state index in [0.29, 0.717) is 22.5 Å². The molecule has 5 nitrogen and oxygen atoms in total. The number of fused-ring (bicyclic) bond motifs is 1. The minimum absolute atomic E-state index is 0.194. The molecule has 0 saturated heterocycles. The molecule has 1 heterocycles. The molecular weight excluding hydrogens is 249 g/mol. The van der Waals surface area contributed by atoms with Gasteiger partial charge in [-0.25, -0.2) is 9.18 Å². The number of H-pyrrole nitrogens is 1. The van der Waals surface area contributed by atoms with Crippen molar-refractivity contribution >= 4 is 28.2 Å². The quantitative estimate of drug-likeness (QED) is 0.617. The molecule has 96 valence electrons. The summed E-state index contributed by atoms with van der Waals surface area (Å²) in [5.41, 5.74) is 7.75. The van der Waals surface area contributed by atoms with Crippen LogP contribution in [0.2, 0.25) is 0 Å². The third-order valence-electron chi connectivity index (χ3n) is 2.74. The number of nitrogens with one attached hydrogen (secondary N) is 2. The Morgan fingerprint density at radius 1 is 1.26 bits per heavy atom. The van der Waals surface area contributed by atoms with E-state index in [1.54, 1.807) is 24.3 Å². The van der Waals surface area contributed by atoms with Crippen molar-refractivity contribution in [2.24, 2.45) is 0 Å². The molecule has 0 fully saturated rings. The number of hydrogen-bond donors (Lipinski definition) is 3. The van der Waals surface area contributed by atoms with Gasteiger partial charge in [0.15, 0.2) is 5.58 Å². The molecule has 19 heavy (non-hydrogen) atoms. The summed E-state index contributed by atoms with van der Waals surface area (Å²) in [7, 11) is 0. The zero-order valence-corrected chi connectivity index (χ0v) is 9.74. The summed E-state index contributed by atoms with van der Waals surface area (Å²) < 4.78 is 18.6. The molecule has 0 saturated carbocycles. The van der Waals surface area contributed by atoms with Crippen LogP contribution in [0.5, 0.6) is 0 Å². The predicted octanol–water partition coefficient (Wildman–Crippen LogP) is 2.59. The molecule has 0 aliphatic carbocycles. The lowest BCUT2D eigenvalue weighted by Gasteiger charge is -2.09. The second kappa shape index (κ2) is 4.16. The zero-order chi connectivity index (χ0) is 13.4. The van der Waals surface area contributed by atoms with Gasteiger partial charge in [-0.3, -0.25) is 4.98 Å². The molecule has 3 rings (SSSR count). The molecule has 4 N–H and O–H groups in total. The molecule has 3 aromatic rings. The average Bonchev–Trinajstić information content (AvgIpc) is 2.73. The van der Waals surface area contributed by atoms with Gasteiger partial charge in [0.2, 0.25) is 0 Å². The highest BCUT2D eigenvalue weighted by Crippen LogP contribution is 2.27. The van der Waals surface area contributed by atoms with Crippen LogP contribution in [0.1, 0.15) is 0 Å². The van der Waals surface area contributed by atoms with Gasteiger partial charge in [-0.05, 0) is 24.3 Å². The van der Waals surface area contributed by atoms with E-state index in [1.165, 1.54) is 12.1 Å². The highest BCUT2D eigenvalue weighted by atomic mass is 19.1. The first-order valence-electron chi connectivity index (χ1n) is 5.57. The molecule has 0 amide bonds. The fourth-order valence-corrected chi connectivity index (χ4v) is 1.84. The van der Waals surface area contributed by atoms with Gasteiger partial charge in [0.05, 0.1) is 16.9 Å². The van der Waals surface area contributed by atoms with Crippen molar-refractivity contribution in [3.8, 4) is 0 Å². The van der Waals surface area contributed by atoms with E-state index in [0.717, 1.165) is 0 Å². The van der Waals surface area contributed by atoms with Crippen molar-refractivity contribution in [3.05, 3.63) is 52.8 Å². The molecular formula is C13H10FN3O2. The average molecular weight is 259 g/mol. The van der Waals surface area contributed by atoms with Crippen LogP contribution in [0.25, 0.3) is 11.1 Å². The zero-order valence-electron chi connectivity index (χ0n) is 9.74. The summed E-state index contributed by atoms with van der Waals surface area (Å²) in [5.74, 6) is -0.979. The number of anilines is 3. The summed E-state index contributed by atoms with van der Waals surface area (Å²) in [4.78, 5) is 13.6. The van der Waals surface area contributed by atoms with Gasteiger partial charge in [-0.2, -0.15) is 0 Å². The standard InChI is InChI=1S/C13H10FN3O2/c14-8-2-1-3-9(15)12(8)16-7-4-5-10-11(6-7)19-13(18)17-10/h1-6,16H,15H2,(H,17,18). The molecule has 0 bridgehead atoms. The van der Waals surface area contributed by atoms with Crippen LogP contribution in [0.4, 0.5) is 21.5 Å². The number of hydrogen-bond acceptors (Lipinski definition) is 4. The van der Waals surface area contributed by atoms with E-state index in [1.807, 2.05) is 0 Å². The second-order valence-electron chi connectivity index (χ2n) is 4.05. The van der Waals surface area contributed by atoms with Gasteiger partial charge >= 0.3 is 5.76 Å². The minimum Gasteiger partial charge on any atom is -0.408 e. The highest BCUT2D eigenvalue weighted by molar-refractivity contribution is 5.80. The summed E-state index contributed by atoms with van der Waals surface area (Å²) >= 11 is 0. The topological polar surface area (TPSA) is 84.0 Å². The molecule has 0 radical (unpaired) electrons. The summed E-state index contributed by atoms with van der Waals surface area (Å²) in [6, 6.07) is 9.40. The molecule has 6 heteroatoms. The number of nitrogens with two attached hydrogens (primary N) is 1. The van der Waals surface area contributed by atoms with Gasteiger partial charge in [0.25, 0.3) is 0 Å². The van der Waals surface area contributed by atoms with Gasteiger partial charge < -0.3 is 15.5 Å². The maximum Gasteiger partial charge on any atom is 0.417 e. The fourth-order valence-electron chi connectivity index (χ4n) is 1.84. The van der Waals surface area contributed by atoms with Crippen LogP contribution < -0.4 is 16.8 Å². The maximum atomic E-state index is 13.6. The third-order valence-corrected chi connectivity index (χ3v) is 2.74. The number of oxazole rings is 1. The van der Waals surface area contributed by atoms with E-state index in [4.69, 9.17) is 10.2 Å². The first-order valence-corrected chi connectivity index (χ1v) is 5.57. The Balaban J connectivity index is 2.03. The first kappa shape index (κ1) is 11.3. The summed E-state index contributed by atoms with van der Waals surface area (Å²) in [6.45, 7) is 0. The number of para-hydroxylation sites is 1. The van der Waals surface area contributed by atoms with Crippen LogP contribution in [0.3, 0.4) is 0 Å². The Morgan fingerprint density at radius 2 is 2.11 bits per heavy atom. The van der Waals surface area contributed by atoms with E-state index in [9.17, 15) is 9.18 Å². The van der Waals surface area contributed by atoms with Gasteiger partial charge in [0, 0.05) is 11.8 Å². The lowest BCUT2D eigenvalue weighted by atomic mass is 10.2. The molecule has 1 aromatic heterocycles. The van der Waals surface area contributed by atoms with Crippen molar-refractivity contribution < 1.29 is 8.81 Å². The normalized spacial score (nSPS) is 10.8. The van der Waals surface area contributed by atoms with Crippen molar-refractivity contribution in [3.63, 3.8) is 0 Å². The Bertz CT molecular complexity index is 787. The van der Waals surface area contributed by atoms with Crippen LogP contribution in [-0.4, -0.2) is 4.98 Å². The molecule has 0 atom stereocenters.